The lowest BCUT2D eigenvalue weighted by atomic mass is 9.99. The van der Waals surface area contributed by atoms with Gasteiger partial charge in [0.1, 0.15) is 4.90 Å². The molecule has 0 aliphatic carbocycles. The number of amides is 1. The number of nitrogens with zero attached hydrogens (tertiary/aromatic N) is 1. The van der Waals surface area contributed by atoms with Gasteiger partial charge in [-0.15, -0.1) is 0 Å². The van der Waals surface area contributed by atoms with Crippen LogP contribution in [0.4, 0.5) is 0 Å². The Balaban J connectivity index is 1.62. The van der Waals surface area contributed by atoms with Crippen LogP contribution in [0, 0.1) is 12.8 Å². The largest absolute Gasteiger partial charge is 0.354 e. The minimum absolute atomic E-state index is 0.0176. The minimum atomic E-state index is -3.62. The maximum Gasteiger partial charge on any atom is 0.244 e. The highest BCUT2D eigenvalue weighted by atomic mass is 35.5. The van der Waals surface area contributed by atoms with Crippen molar-refractivity contribution in [2.75, 3.05) is 26.2 Å². The second-order valence-electron chi connectivity index (χ2n) is 7.20. The molecular formula is C18H26ClN3O3S. The maximum atomic E-state index is 13.0. The number of aryl methyl sites for hydroxylation is 1. The van der Waals surface area contributed by atoms with Crippen LogP contribution in [0.15, 0.2) is 23.1 Å². The van der Waals surface area contributed by atoms with Crippen LogP contribution < -0.4 is 10.6 Å². The fraction of sp³-hybridized carbons (Fsp3) is 0.611. The third-order valence-corrected chi connectivity index (χ3v) is 7.48. The molecule has 1 aromatic carbocycles. The van der Waals surface area contributed by atoms with E-state index < -0.39 is 10.0 Å². The van der Waals surface area contributed by atoms with Crippen molar-refractivity contribution in [3.63, 3.8) is 0 Å². The Hall–Kier alpha value is -1.15. The van der Waals surface area contributed by atoms with Crippen LogP contribution in [0.1, 0.15) is 31.2 Å². The molecule has 2 N–H and O–H groups in total. The van der Waals surface area contributed by atoms with E-state index in [-0.39, 0.29) is 27.8 Å². The van der Waals surface area contributed by atoms with Gasteiger partial charge >= 0.3 is 0 Å². The number of hydrogen-bond acceptors (Lipinski definition) is 4. The van der Waals surface area contributed by atoms with Crippen LogP contribution in [0.25, 0.3) is 0 Å². The zero-order chi connectivity index (χ0) is 18.7. The number of hydrogen-bond donors (Lipinski definition) is 2. The lowest BCUT2D eigenvalue weighted by Gasteiger charge is -2.32. The number of rotatable bonds is 5. The molecule has 1 amide bonds. The van der Waals surface area contributed by atoms with Gasteiger partial charge in [-0.05, 0) is 62.8 Å². The molecule has 2 aliphatic rings. The lowest BCUT2D eigenvalue weighted by Crippen LogP contribution is -2.46. The van der Waals surface area contributed by atoms with Crippen molar-refractivity contribution in [3.05, 3.63) is 28.8 Å². The first-order valence-corrected chi connectivity index (χ1v) is 11.0. The predicted molar refractivity (Wildman–Crippen MR) is 102 cm³/mol. The van der Waals surface area contributed by atoms with Crippen molar-refractivity contribution in [2.24, 2.45) is 5.92 Å². The molecule has 0 bridgehead atoms. The van der Waals surface area contributed by atoms with Crippen LogP contribution in [-0.2, 0) is 14.8 Å². The molecule has 2 saturated heterocycles. The number of carbonyl (C=O) groups excluding carboxylic acids is 1. The van der Waals surface area contributed by atoms with E-state index in [0.717, 1.165) is 37.8 Å². The molecule has 6 nitrogen and oxygen atoms in total. The molecule has 0 radical (unpaired) electrons. The molecule has 1 aromatic rings. The van der Waals surface area contributed by atoms with Crippen LogP contribution in [0.2, 0.25) is 5.02 Å². The fourth-order valence-corrected chi connectivity index (χ4v) is 5.77. The second-order valence-corrected chi connectivity index (χ2v) is 9.51. The Bertz CT molecular complexity index is 763. The summed E-state index contributed by atoms with van der Waals surface area (Å²) in [4.78, 5) is 12.3. The van der Waals surface area contributed by atoms with E-state index in [2.05, 4.69) is 10.6 Å². The number of piperidine rings is 1. The van der Waals surface area contributed by atoms with E-state index in [1.165, 1.54) is 4.31 Å². The Morgan fingerprint density at radius 3 is 2.85 bits per heavy atom. The molecule has 0 spiro atoms. The van der Waals surface area contributed by atoms with E-state index in [0.29, 0.717) is 19.6 Å². The number of halogens is 1. The molecule has 3 rings (SSSR count). The first-order chi connectivity index (χ1) is 12.4. The molecule has 2 aliphatic heterocycles. The summed E-state index contributed by atoms with van der Waals surface area (Å²) in [6, 6.07) is 4.90. The first kappa shape index (κ1) is 19.6. The molecule has 2 atom stereocenters. The second kappa shape index (κ2) is 8.25. The highest BCUT2D eigenvalue weighted by Crippen LogP contribution is 2.28. The van der Waals surface area contributed by atoms with Crippen molar-refractivity contribution >= 4 is 27.5 Å². The Labute approximate surface area is 160 Å². The van der Waals surface area contributed by atoms with Gasteiger partial charge in [0.15, 0.2) is 0 Å². The Kier molecular flexibility index (Phi) is 6.22. The highest BCUT2D eigenvalue weighted by molar-refractivity contribution is 7.89. The van der Waals surface area contributed by atoms with Crippen molar-refractivity contribution in [1.29, 1.82) is 0 Å². The summed E-state index contributed by atoms with van der Waals surface area (Å²) in [6.07, 6.45) is 3.57. The molecule has 2 unspecified atom stereocenters. The molecule has 26 heavy (non-hydrogen) atoms. The predicted octanol–water partition coefficient (Wildman–Crippen LogP) is 1.92. The van der Waals surface area contributed by atoms with Gasteiger partial charge in [-0.25, -0.2) is 8.42 Å². The standard InChI is InChI=1S/C18H26ClN3O3S/c1-13-6-7-17(15(19)10-13)26(24,25)22-9-3-4-14(12-22)11-21-18(23)16-5-2-8-20-16/h6-7,10,14,16,20H,2-5,8-9,11-12H2,1H3,(H,21,23). The van der Waals surface area contributed by atoms with Crippen LogP contribution in [0.3, 0.4) is 0 Å². The topological polar surface area (TPSA) is 78.5 Å². The van der Waals surface area contributed by atoms with Gasteiger partial charge in [0.25, 0.3) is 0 Å². The molecule has 8 heteroatoms. The Morgan fingerprint density at radius 1 is 1.35 bits per heavy atom. The average Bonchev–Trinajstić information content (AvgIpc) is 3.14. The molecule has 0 saturated carbocycles. The first-order valence-electron chi connectivity index (χ1n) is 9.15. The van der Waals surface area contributed by atoms with Crippen molar-refractivity contribution in [2.45, 2.75) is 43.5 Å². The average molecular weight is 400 g/mol. The number of sulfonamides is 1. The van der Waals surface area contributed by atoms with Crippen molar-refractivity contribution in [3.8, 4) is 0 Å². The van der Waals surface area contributed by atoms with Crippen LogP contribution in [-0.4, -0.2) is 50.9 Å². The summed E-state index contributed by atoms with van der Waals surface area (Å²) in [5.41, 5.74) is 0.925. The smallest absolute Gasteiger partial charge is 0.244 e. The highest BCUT2D eigenvalue weighted by Gasteiger charge is 2.32. The normalized spacial score (nSPS) is 24.5. The van der Waals surface area contributed by atoms with Gasteiger partial charge in [-0.3, -0.25) is 4.79 Å². The molecule has 2 fully saturated rings. The van der Waals surface area contributed by atoms with Gasteiger partial charge in [0.05, 0.1) is 11.1 Å². The fourth-order valence-electron chi connectivity index (χ4n) is 3.64. The van der Waals surface area contributed by atoms with E-state index in [1.54, 1.807) is 18.2 Å². The van der Waals surface area contributed by atoms with Gasteiger partial charge < -0.3 is 10.6 Å². The third kappa shape index (κ3) is 4.39. The molecule has 2 heterocycles. The minimum Gasteiger partial charge on any atom is -0.354 e. The zero-order valence-corrected chi connectivity index (χ0v) is 16.6. The summed E-state index contributed by atoms with van der Waals surface area (Å²) >= 11 is 6.18. The summed E-state index contributed by atoms with van der Waals surface area (Å²) < 4.78 is 27.4. The molecular weight excluding hydrogens is 374 g/mol. The summed E-state index contributed by atoms with van der Waals surface area (Å²) in [5, 5.41) is 6.41. The molecule has 0 aromatic heterocycles. The third-order valence-electron chi connectivity index (χ3n) is 5.13. The number of carbonyl (C=O) groups is 1. The van der Waals surface area contributed by atoms with E-state index in [9.17, 15) is 13.2 Å². The maximum absolute atomic E-state index is 13.0. The Morgan fingerprint density at radius 2 is 2.15 bits per heavy atom. The van der Waals surface area contributed by atoms with Gasteiger partial charge in [0.2, 0.25) is 15.9 Å². The van der Waals surface area contributed by atoms with Gasteiger partial charge in [-0.1, -0.05) is 17.7 Å². The van der Waals surface area contributed by atoms with Crippen LogP contribution in [0.5, 0.6) is 0 Å². The lowest BCUT2D eigenvalue weighted by molar-refractivity contribution is -0.123. The summed E-state index contributed by atoms with van der Waals surface area (Å²) in [5.74, 6) is 0.136. The SMILES string of the molecule is Cc1ccc(S(=O)(=O)N2CCCC(CNC(=O)C3CCCN3)C2)c(Cl)c1. The number of nitrogens with one attached hydrogen (secondary N) is 2. The number of benzene rings is 1. The van der Waals surface area contributed by atoms with Gasteiger partial charge in [0, 0.05) is 19.6 Å². The van der Waals surface area contributed by atoms with E-state index >= 15 is 0 Å². The van der Waals surface area contributed by atoms with Crippen molar-refractivity contribution in [1.82, 2.24) is 14.9 Å². The quantitative estimate of drug-likeness (QED) is 0.792. The molecule has 144 valence electrons. The van der Waals surface area contributed by atoms with E-state index in [1.807, 2.05) is 6.92 Å². The van der Waals surface area contributed by atoms with Crippen LogP contribution >= 0.6 is 11.6 Å². The van der Waals surface area contributed by atoms with Gasteiger partial charge in [-0.2, -0.15) is 4.31 Å². The summed E-state index contributed by atoms with van der Waals surface area (Å²) in [6.45, 7) is 4.16. The van der Waals surface area contributed by atoms with E-state index in [4.69, 9.17) is 11.6 Å². The summed E-state index contributed by atoms with van der Waals surface area (Å²) in [7, 11) is -3.62. The monoisotopic (exact) mass is 399 g/mol. The zero-order valence-electron chi connectivity index (χ0n) is 15.0. The van der Waals surface area contributed by atoms with Crippen molar-refractivity contribution < 1.29 is 13.2 Å².